The van der Waals surface area contributed by atoms with E-state index in [0.29, 0.717) is 63.9 Å². The molecule has 8 nitrogen and oxygen atoms in total. The highest BCUT2D eigenvalue weighted by Crippen LogP contribution is 2.21. The van der Waals surface area contributed by atoms with Gasteiger partial charge in [-0.3, -0.25) is 19.2 Å². The molecule has 2 unspecified atom stereocenters. The average Bonchev–Trinajstić information content (AvgIpc) is 3.31. The van der Waals surface area contributed by atoms with Crippen LogP contribution in [0.15, 0.2) is 0 Å². The minimum absolute atomic E-state index is 0.0104. The highest BCUT2D eigenvalue weighted by atomic mass is 16.5. The van der Waals surface area contributed by atoms with Gasteiger partial charge in [-0.25, -0.2) is 0 Å². The van der Waals surface area contributed by atoms with E-state index >= 15 is 0 Å². The molecule has 0 saturated carbocycles. The van der Waals surface area contributed by atoms with E-state index in [0.717, 1.165) is 102 Å². The Kier molecular flexibility index (Phi) is 54.2. The van der Waals surface area contributed by atoms with E-state index in [1.807, 2.05) is 0 Å². The number of esters is 4. The number of hydrogen-bond donors (Lipinski definition) is 0. The van der Waals surface area contributed by atoms with Crippen LogP contribution in [0.3, 0.4) is 0 Å². The number of unbranched alkanes of at least 4 members (excludes halogenated alkanes) is 24. The first-order chi connectivity index (χ1) is 33.0. The van der Waals surface area contributed by atoms with Crippen LogP contribution in [-0.2, 0) is 38.1 Å². The maximum Gasteiger partial charge on any atom is 0.306 e. The first-order valence-electron chi connectivity index (χ1n) is 29.6. The fourth-order valence-corrected chi connectivity index (χ4v) is 8.63. The third-order valence-electron chi connectivity index (χ3n) is 13.5. The van der Waals surface area contributed by atoms with Crippen LogP contribution >= 0.6 is 0 Å². The van der Waals surface area contributed by atoms with Crippen LogP contribution < -0.4 is 0 Å². The van der Waals surface area contributed by atoms with E-state index < -0.39 is 0 Å². The molecule has 0 fully saturated rings. The topological polar surface area (TPSA) is 105 Å². The molecule has 0 aromatic heterocycles. The molecule has 0 saturated heterocycles. The first-order valence-corrected chi connectivity index (χ1v) is 29.6. The fraction of sp³-hybridized carbons (Fsp3) is 0.933. The number of hydrogen-bond acceptors (Lipinski definition) is 8. The quantitative estimate of drug-likeness (QED) is 0.0337. The van der Waals surface area contributed by atoms with Crippen molar-refractivity contribution in [1.82, 2.24) is 0 Å². The molecule has 0 aromatic carbocycles. The Labute approximate surface area is 422 Å². The van der Waals surface area contributed by atoms with Crippen molar-refractivity contribution >= 4 is 23.9 Å². The number of carbonyl (C=O) groups excluding carboxylic acids is 4. The van der Waals surface area contributed by atoms with Gasteiger partial charge in [0.15, 0.2) is 0 Å². The second-order valence-electron chi connectivity index (χ2n) is 21.2. The third-order valence-corrected chi connectivity index (χ3v) is 13.5. The van der Waals surface area contributed by atoms with Gasteiger partial charge in [0.25, 0.3) is 0 Å². The van der Waals surface area contributed by atoms with Gasteiger partial charge < -0.3 is 18.9 Å². The summed E-state index contributed by atoms with van der Waals surface area (Å²) in [6.07, 6.45) is 44.2. The van der Waals surface area contributed by atoms with Crippen LogP contribution in [0, 0.1) is 23.7 Å². The van der Waals surface area contributed by atoms with Crippen molar-refractivity contribution in [2.45, 2.75) is 312 Å². The van der Waals surface area contributed by atoms with Gasteiger partial charge in [-0.1, -0.05) is 235 Å². The number of carbonyl (C=O) groups is 4. The summed E-state index contributed by atoms with van der Waals surface area (Å²) in [6.45, 7) is 20.2. The smallest absolute Gasteiger partial charge is 0.306 e. The molecule has 0 rings (SSSR count). The molecule has 68 heavy (non-hydrogen) atoms. The lowest BCUT2D eigenvalue weighted by Gasteiger charge is -2.14. The Hall–Kier alpha value is -2.12. The van der Waals surface area contributed by atoms with Crippen LogP contribution in [-0.4, -0.2) is 50.3 Å². The molecule has 0 radical (unpaired) electrons. The van der Waals surface area contributed by atoms with E-state index in [-0.39, 0.29) is 23.9 Å². The normalized spacial score (nSPS) is 12.1. The third kappa shape index (κ3) is 54.8. The van der Waals surface area contributed by atoms with E-state index in [9.17, 15) is 19.2 Å². The van der Waals surface area contributed by atoms with Gasteiger partial charge in [0.1, 0.15) is 0 Å². The summed E-state index contributed by atoms with van der Waals surface area (Å²) in [7, 11) is 0. The van der Waals surface area contributed by atoms with Crippen molar-refractivity contribution in [2.24, 2.45) is 23.7 Å². The molecule has 0 N–H and O–H groups in total. The van der Waals surface area contributed by atoms with E-state index in [2.05, 4.69) is 55.4 Å². The van der Waals surface area contributed by atoms with Gasteiger partial charge in [0.05, 0.1) is 26.4 Å². The molecule has 0 spiro atoms. The number of rotatable bonds is 50. The SMILES string of the molecule is CCC(CCCCCCCCC(=O)OCCCCCC(C)C)CC(=O)OCCCCCC(C)C.CCCCCCCCOC(=O)CCCCCCCCC(CC)CC(=O)OCCCCCCCC. The summed E-state index contributed by atoms with van der Waals surface area (Å²) in [5.41, 5.74) is 0. The van der Waals surface area contributed by atoms with Crippen LogP contribution in [0.5, 0.6) is 0 Å². The van der Waals surface area contributed by atoms with Gasteiger partial charge >= 0.3 is 23.9 Å². The molecule has 0 heterocycles. The molecule has 404 valence electrons. The van der Waals surface area contributed by atoms with Crippen LogP contribution in [0.25, 0.3) is 0 Å². The Morgan fingerprint density at radius 2 is 0.544 bits per heavy atom. The summed E-state index contributed by atoms with van der Waals surface area (Å²) >= 11 is 0. The molecular formula is C60H116O8. The van der Waals surface area contributed by atoms with E-state index in [1.54, 1.807) is 0 Å². The summed E-state index contributed by atoms with van der Waals surface area (Å²) in [5, 5.41) is 0. The lowest BCUT2D eigenvalue weighted by Crippen LogP contribution is -2.12. The van der Waals surface area contributed by atoms with Crippen molar-refractivity contribution in [3.05, 3.63) is 0 Å². The molecule has 0 aliphatic carbocycles. The maximum absolute atomic E-state index is 12.1. The molecule has 0 aromatic rings. The molecule has 0 amide bonds. The fourth-order valence-electron chi connectivity index (χ4n) is 8.63. The highest BCUT2D eigenvalue weighted by molar-refractivity contribution is 5.70. The second-order valence-corrected chi connectivity index (χ2v) is 21.2. The summed E-state index contributed by atoms with van der Waals surface area (Å²) in [6, 6.07) is 0. The van der Waals surface area contributed by atoms with Gasteiger partial charge in [-0.2, -0.15) is 0 Å². The average molecular weight is 966 g/mol. The minimum atomic E-state index is -0.0305. The Bertz CT molecular complexity index is 1090. The summed E-state index contributed by atoms with van der Waals surface area (Å²) in [5.74, 6) is 2.35. The lowest BCUT2D eigenvalue weighted by atomic mass is 9.95. The van der Waals surface area contributed by atoms with Crippen molar-refractivity contribution in [2.75, 3.05) is 26.4 Å². The largest absolute Gasteiger partial charge is 0.466 e. The lowest BCUT2D eigenvalue weighted by molar-refractivity contribution is -0.146. The zero-order valence-electron chi connectivity index (χ0n) is 46.7. The van der Waals surface area contributed by atoms with Crippen LogP contribution in [0.1, 0.15) is 312 Å². The van der Waals surface area contributed by atoms with Crippen molar-refractivity contribution in [3.8, 4) is 0 Å². The molecule has 0 aliphatic rings. The molecule has 8 heteroatoms. The van der Waals surface area contributed by atoms with Crippen molar-refractivity contribution in [3.63, 3.8) is 0 Å². The zero-order valence-corrected chi connectivity index (χ0v) is 46.7. The monoisotopic (exact) mass is 965 g/mol. The Balaban J connectivity index is 0. The summed E-state index contributed by atoms with van der Waals surface area (Å²) in [4.78, 5) is 47.8. The highest BCUT2D eigenvalue weighted by Gasteiger charge is 2.15. The van der Waals surface area contributed by atoms with Gasteiger partial charge in [0, 0.05) is 25.7 Å². The Morgan fingerprint density at radius 3 is 0.853 bits per heavy atom. The van der Waals surface area contributed by atoms with Gasteiger partial charge in [-0.05, 0) is 75.0 Å². The molecule has 0 bridgehead atoms. The second kappa shape index (κ2) is 54.2. The maximum atomic E-state index is 12.1. The number of ether oxygens (including phenoxy) is 4. The zero-order chi connectivity index (χ0) is 50.6. The molecular weight excluding hydrogens is 849 g/mol. The molecule has 2 atom stereocenters. The predicted molar refractivity (Wildman–Crippen MR) is 288 cm³/mol. The van der Waals surface area contributed by atoms with Crippen molar-refractivity contribution < 1.29 is 38.1 Å². The van der Waals surface area contributed by atoms with Crippen LogP contribution in [0.4, 0.5) is 0 Å². The van der Waals surface area contributed by atoms with Crippen LogP contribution in [0.2, 0.25) is 0 Å². The van der Waals surface area contributed by atoms with E-state index in [4.69, 9.17) is 18.9 Å². The van der Waals surface area contributed by atoms with Gasteiger partial charge in [0.2, 0.25) is 0 Å². The van der Waals surface area contributed by atoms with Crippen molar-refractivity contribution in [1.29, 1.82) is 0 Å². The predicted octanol–water partition coefficient (Wildman–Crippen LogP) is 18.4. The Morgan fingerprint density at radius 1 is 0.294 bits per heavy atom. The molecule has 0 aliphatic heterocycles. The minimum Gasteiger partial charge on any atom is -0.466 e. The van der Waals surface area contributed by atoms with E-state index in [1.165, 1.54) is 141 Å². The summed E-state index contributed by atoms with van der Waals surface area (Å²) < 4.78 is 21.6. The standard InChI is InChI=1S/2C30H58O4/c1-6-28(25-30(32)34-24-18-12-14-20-27(4)5)21-15-9-7-8-10-16-22-29(31)33-23-17-11-13-19-26(2)3;1-4-7-9-11-17-21-25-33-29(31)24-20-16-14-13-15-19-23-28(6-3)27-30(32)34-26-22-18-12-10-8-5-2/h26-28H,6-25H2,1-5H3;28H,4-27H2,1-3H3. The first kappa shape index (κ1) is 68.0. The van der Waals surface area contributed by atoms with Gasteiger partial charge in [-0.15, -0.1) is 0 Å².